The van der Waals surface area contributed by atoms with Crippen LogP contribution in [-0.2, 0) is 20.7 Å². The molecule has 0 radical (unpaired) electrons. The van der Waals surface area contributed by atoms with Gasteiger partial charge >= 0.3 is 5.97 Å². The van der Waals surface area contributed by atoms with Gasteiger partial charge in [-0.05, 0) is 24.3 Å². The zero-order valence-corrected chi connectivity index (χ0v) is 10.0. The topological polar surface area (TPSA) is 55.4 Å². The highest BCUT2D eigenvalue weighted by Crippen LogP contribution is 2.11. The van der Waals surface area contributed by atoms with Crippen molar-refractivity contribution in [2.45, 2.75) is 19.3 Å². The fourth-order valence-electron chi connectivity index (χ4n) is 1.21. The lowest BCUT2D eigenvalue weighted by molar-refractivity contribution is -0.141. The first-order valence-corrected chi connectivity index (χ1v) is 5.96. The number of nitrogens with one attached hydrogen (secondary N) is 1. The number of aryl methyl sites for hydroxylation is 1. The summed E-state index contributed by atoms with van der Waals surface area (Å²) in [6.45, 7) is -0.0473. The minimum Gasteiger partial charge on any atom is -0.468 e. The third-order valence-corrected chi connectivity index (χ3v) is 3.00. The Bertz CT molecular complexity index is 335. The number of thiophene rings is 1. The van der Waals surface area contributed by atoms with Crippen LogP contribution in [0.5, 0.6) is 0 Å². The number of carbonyl (C=O) groups is 2. The fraction of sp³-hybridized carbons (Fsp3) is 0.455. The summed E-state index contributed by atoms with van der Waals surface area (Å²) < 4.78 is 4.41. The molecular weight excluding hydrogens is 226 g/mol. The van der Waals surface area contributed by atoms with Gasteiger partial charge in [-0.3, -0.25) is 9.59 Å². The Morgan fingerprint density at radius 2 is 2.31 bits per heavy atom. The molecule has 1 rings (SSSR count). The third kappa shape index (κ3) is 4.93. The van der Waals surface area contributed by atoms with Crippen molar-refractivity contribution in [1.29, 1.82) is 0 Å². The van der Waals surface area contributed by atoms with E-state index in [9.17, 15) is 9.59 Å². The van der Waals surface area contributed by atoms with Gasteiger partial charge in [0.25, 0.3) is 0 Å². The van der Waals surface area contributed by atoms with Crippen LogP contribution in [0.3, 0.4) is 0 Å². The molecule has 1 amide bonds. The molecule has 0 saturated carbocycles. The molecule has 0 fully saturated rings. The van der Waals surface area contributed by atoms with E-state index in [1.807, 2.05) is 11.4 Å². The number of amides is 1. The molecule has 0 unspecified atom stereocenters. The molecule has 1 aromatic heterocycles. The highest BCUT2D eigenvalue weighted by Gasteiger charge is 2.05. The predicted molar refractivity (Wildman–Crippen MR) is 62.3 cm³/mol. The Morgan fingerprint density at radius 3 is 2.94 bits per heavy atom. The van der Waals surface area contributed by atoms with E-state index in [1.54, 1.807) is 11.3 Å². The van der Waals surface area contributed by atoms with E-state index in [-0.39, 0.29) is 12.5 Å². The van der Waals surface area contributed by atoms with Gasteiger partial charge in [0, 0.05) is 11.3 Å². The Hall–Kier alpha value is -1.36. The maximum atomic E-state index is 11.3. The first-order valence-electron chi connectivity index (χ1n) is 5.08. The molecule has 0 saturated heterocycles. The zero-order chi connectivity index (χ0) is 11.8. The normalized spacial score (nSPS) is 9.81. The number of hydrogen-bond donors (Lipinski definition) is 1. The van der Waals surface area contributed by atoms with Crippen molar-refractivity contribution in [1.82, 2.24) is 5.32 Å². The summed E-state index contributed by atoms with van der Waals surface area (Å²) in [5.74, 6) is -0.534. The molecule has 1 aromatic rings. The third-order valence-electron chi connectivity index (χ3n) is 2.06. The molecule has 4 nitrogen and oxygen atoms in total. The van der Waals surface area contributed by atoms with Gasteiger partial charge in [0.2, 0.25) is 5.91 Å². The lowest BCUT2D eigenvalue weighted by atomic mass is 10.2. The predicted octanol–water partition coefficient (Wildman–Crippen LogP) is 1.36. The lowest BCUT2D eigenvalue weighted by Gasteiger charge is -2.03. The molecule has 0 aliphatic heterocycles. The van der Waals surface area contributed by atoms with Gasteiger partial charge in [0.1, 0.15) is 6.54 Å². The molecule has 16 heavy (non-hydrogen) atoms. The van der Waals surface area contributed by atoms with Gasteiger partial charge in [-0.25, -0.2) is 0 Å². The van der Waals surface area contributed by atoms with Crippen LogP contribution in [0.1, 0.15) is 17.7 Å². The Balaban J connectivity index is 2.09. The highest BCUT2D eigenvalue weighted by molar-refractivity contribution is 7.09. The first kappa shape index (κ1) is 12.7. The monoisotopic (exact) mass is 241 g/mol. The van der Waals surface area contributed by atoms with Crippen LogP contribution in [0, 0.1) is 0 Å². The summed E-state index contributed by atoms with van der Waals surface area (Å²) in [6.07, 6.45) is 2.14. The van der Waals surface area contributed by atoms with Gasteiger partial charge < -0.3 is 10.1 Å². The molecule has 0 atom stereocenters. The summed E-state index contributed by atoms with van der Waals surface area (Å²) in [7, 11) is 1.30. The van der Waals surface area contributed by atoms with Crippen molar-refractivity contribution in [3.8, 4) is 0 Å². The average molecular weight is 241 g/mol. The molecule has 0 spiro atoms. The smallest absolute Gasteiger partial charge is 0.325 e. The molecule has 1 N–H and O–H groups in total. The molecule has 88 valence electrons. The highest BCUT2D eigenvalue weighted by atomic mass is 32.1. The van der Waals surface area contributed by atoms with Crippen LogP contribution in [0.2, 0.25) is 0 Å². The van der Waals surface area contributed by atoms with Gasteiger partial charge in [-0.1, -0.05) is 6.07 Å². The summed E-state index contributed by atoms with van der Waals surface area (Å²) >= 11 is 1.69. The minimum absolute atomic E-state index is 0.0473. The van der Waals surface area contributed by atoms with E-state index in [0.29, 0.717) is 6.42 Å². The van der Waals surface area contributed by atoms with E-state index < -0.39 is 5.97 Å². The first-order chi connectivity index (χ1) is 7.72. The zero-order valence-electron chi connectivity index (χ0n) is 9.19. The standard InChI is InChI=1S/C11H15NO3S/c1-15-11(14)8-12-10(13)6-2-4-9-5-3-7-16-9/h3,5,7H,2,4,6,8H2,1H3,(H,12,13). The summed E-state index contributed by atoms with van der Waals surface area (Å²) in [5, 5.41) is 4.52. The second kappa shape index (κ2) is 7.00. The Labute approximate surface area is 98.6 Å². The Kier molecular flexibility index (Phi) is 5.56. The molecule has 5 heteroatoms. The van der Waals surface area contributed by atoms with Gasteiger partial charge in [-0.15, -0.1) is 11.3 Å². The van der Waals surface area contributed by atoms with Crippen LogP contribution < -0.4 is 5.32 Å². The van der Waals surface area contributed by atoms with Crippen molar-refractivity contribution in [3.05, 3.63) is 22.4 Å². The summed E-state index contributed by atoms with van der Waals surface area (Å²) in [6, 6.07) is 4.05. The van der Waals surface area contributed by atoms with Crippen molar-refractivity contribution in [2.75, 3.05) is 13.7 Å². The molecule has 0 aromatic carbocycles. The summed E-state index contributed by atoms with van der Waals surface area (Å²) in [4.78, 5) is 23.3. The number of ether oxygens (including phenoxy) is 1. The van der Waals surface area contributed by atoms with E-state index in [2.05, 4.69) is 16.1 Å². The van der Waals surface area contributed by atoms with E-state index >= 15 is 0 Å². The molecule has 0 bridgehead atoms. The second-order valence-corrected chi connectivity index (χ2v) is 4.32. The Morgan fingerprint density at radius 1 is 1.50 bits per heavy atom. The second-order valence-electron chi connectivity index (χ2n) is 3.29. The quantitative estimate of drug-likeness (QED) is 0.765. The largest absolute Gasteiger partial charge is 0.468 e. The minimum atomic E-state index is -0.424. The van der Waals surface area contributed by atoms with Crippen LogP contribution in [0.15, 0.2) is 17.5 Å². The average Bonchev–Trinajstić information content (AvgIpc) is 2.79. The fourth-order valence-corrected chi connectivity index (χ4v) is 1.96. The van der Waals surface area contributed by atoms with Crippen molar-refractivity contribution >= 4 is 23.2 Å². The van der Waals surface area contributed by atoms with Crippen molar-refractivity contribution < 1.29 is 14.3 Å². The van der Waals surface area contributed by atoms with E-state index in [4.69, 9.17) is 0 Å². The number of esters is 1. The van der Waals surface area contributed by atoms with Crippen molar-refractivity contribution in [3.63, 3.8) is 0 Å². The van der Waals surface area contributed by atoms with E-state index in [1.165, 1.54) is 12.0 Å². The van der Waals surface area contributed by atoms with Gasteiger partial charge in [0.15, 0.2) is 0 Å². The van der Waals surface area contributed by atoms with Gasteiger partial charge in [-0.2, -0.15) is 0 Å². The van der Waals surface area contributed by atoms with Gasteiger partial charge in [0.05, 0.1) is 7.11 Å². The van der Waals surface area contributed by atoms with Crippen LogP contribution >= 0.6 is 11.3 Å². The number of hydrogen-bond acceptors (Lipinski definition) is 4. The SMILES string of the molecule is COC(=O)CNC(=O)CCCc1cccs1. The van der Waals surface area contributed by atoms with E-state index in [0.717, 1.165) is 12.8 Å². The molecular formula is C11H15NO3S. The molecule has 0 aliphatic carbocycles. The van der Waals surface area contributed by atoms with Crippen molar-refractivity contribution in [2.24, 2.45) is 0 Å². The summed E-state index contributed by atoms with van der Waals surface area (Å²) in [5.41, 5.74) is 0. The maximum absolute atomic E-state index is 11.3. The number of methoxy groups -OCH3 is 1. The lowest BCUT2D eigenvalue weighted by Crippen LogP contribution is -2.29. The number of carbonyl (C=O) groups excluding carboxylic acids is 2. The van der Waals surface area contributed by atoms with Crippen LogP contribution in [0.4, 0.5) is 0 Å². The maximum Gasteiger partial charge on any atom is 0.325 e. The molecule has 1 heterocycles. The number of rotatable bonds is 6. The van der Waals surface area contributed by atoms with Crippen LogP contribution in [-0.4, -0.2) is 25.5 Å². The molecule has 0 aliphatic rings. The van der Waals surface area contributed by atoms with Crippen LogP contribution in [0.25, 0.3) is 0 Å².